The zero-order valence-corrected chi connectivity index (χ0v) is 29.9. The van der Waals surface area contributed by atoms with Crippen LogP contribution in [0.4, 0.5) is 16.4 Å². The smallest absolute Gasteiger partial charge is 0.330 e. The van der Waals surface area contributed by atoms with Crippen molar-refractivity contribution in [3.8, 4) is 0 Å². The summed E-state index contributed by atoms with van der Waals surface area (Å²) < 4.78 is 1.77. The van der Waals surface area contributed by atoms with Gasteiger partial charge in [-0.3, -0.25) is 19.7 Å². The van der Waals surface area contributed by atoms with Crippen molar-refractivity contribution in [3.63, 3.8) is 0 Å². The summed E-state index contributed by atoms with van der Waals surface area (Å²) in [6.45, 7) is 15.1. The van der Waals surface area contributed by atoms with Gasteiger partial charge in [-0.15, -0.1) is 0 Å². The standard InChI is InChI=1S/C35H47Cl2N9O2/c1-20(2)44-12-14-45(15-13-44)34-41-30-19-25(8-9-26(30)31(47)46(34)11-10-22-6-7-24(36)18-28(22)37)39-33(43-42-32(38)48)40-29-17-23-16-27(21(29)3)35(23,4)5/h6-9,18-21,23,27,29H,10-17H2,1-5H3,(H3,38,42,48)(H2,39,40,43)/t21?,23?,27-,29+/m1/s1. The molecule has 258 valence electrons. The van der Waals surface area contributed by atoms with Gasteiger partial charge in [0, 0.05) is 54.5 Å². The Hall–Kier alpha value is -3.54. The van der Waals surface area contributed by atoms with E-state index in [2.05, 4.69) is 60.6 Å². The summed E-state index contributed by atoms with van der Waals surface area (Å²) in [5, 5.41) is 4.99. The lowest BCUT2D eigenvalue weighted by Gasteiger charge is -2.61. The van der Waals surface area contributed by atoms with Crippen molar-refractivity contribution < 1.29 is 4.79 Å². The van der Waals surface area contributed by atoms with E-state index in [1.54, 1.807) is 16.7 Å². The van der Waals surface area contributed by atoms with E-state index < -0.39 is 6.03 Å². The highest BCUT2D eigenvalue weighted by molar-refractivity contribution is 6.35. The maximum atomic E-state index is 14.1. The van der Waals surface area contributed by atoms with Crippen molar-refractivity contribution in [2.45, 2.75) is 72.5 Å². The molecular formula is C35H47Cl2N9O2. The Kier molecular flexibility index (Phi) is 9.84. The predicted octanol–water partition coefficient (Wildman–Crippen LogP) is 5.49. The summed E-state index contributed by atoms with van der Waals surface area (Å²) in [4.78, 5) is 40.5. The first-order chi connectivity index (χ1) is 22.8. The van der Waals surface area contributed by atoms with Crippen molar-refractivity contribution >= 4 is 57.7 Å². The highest BCUT2D eigenvalue weighted by Crippen LogP contribution is 2.61. The molecule has 2 unspecified atom stereocenters. The number of hydrogen-bond donors (Lipinski definition) is 4. The number of carbonyl (C=O) groups excluding carboxylic acids is 1. The molecule has 2 bridgehead atoms. The molecule has 3 aliphatic carbocycles. The zero-order valence-electron chi connectivity index (χ0n) is 28.4. The van der Waals surface area contributed by atoms with Crippen LogP contribution in [0, 0.1) is 23.2 Å². The molecule has 13 heteroatoms. The van der Waals surface area contributed by atoms with E-state index in [1.807, 2.05) is 24.3 Å². The third kappa shape index (κ3) is 6.95. The van der Waals surface area contributed by atoms with Crippen LogP contribution in [0.5, 0.6) is 0 Å². The summed E-state index contributed by atoms with van der Waals surface area (Å²) in [5.74, 6) is 2.66. The number of fused-ring (bicyclic) bond motifs is 3. The Bertz CT molecular complexity index is 1770. The molecule has 0 spiro atoms. The van der Waals surface area contributed by atoms with Crippen LogP contribution in [-0.4, -0.2) is 64.7 Å². The average molecular weight is 697 g/mol. The van der Waals surface area contributed by atoms with Gasteiger partial charge in [0.15, 0.2) is 0 Å². The maximum absolute atomic E-state index is 14.1. The molecule has 5 N–H and O–H groups in total. The quantitative estimate of drug-likeness (QED) is 0.146. The van der Waals surface area contributed by atoms with Gasteiger partial charge in [0.05, 0.1) is 16.9 Å². The van der Waals surface area contributed by atoms with E-state index in [4.69, 9.17) is 38.9 Å². The number of carbonyl (C=O) groups is 1. The second-order valence-electron chi connectivity index (χ2n) is 14.4. The summed E-state index contributed by atoms with van der Waals surface area (Å²) in [7, 11) is 0. The molecule has 7 rings (SSSR count). The van der Waals surface area contributed by atoms with E-state index in [0.29, 0.717) is 80.7 Å². The number of hydrogen-bond acceptors (Lipinski definition) is 6. The lowest BCUT2D eigenvalue weighted by molar-refractivity contribution is -0.108. The van der Waals surface area contributed by atoms with Crippen LogP contribution in [0.3, 0.4) is 0 Å². The lowest BCUT2D eigenvalue weighted by atomic mass is 9.45. The Labute approximate surface area is 292 Å². The predicted molar refractivity (Wildman–Crippen MR) is 195 cm³/mol. The van der Waals surface area contributed by atoms with Crippen LogP contribution in [0.2, 0.25) is 10.0 Å². The summed E-state index contributed by atoms with van der Waals surface area (Å²) in [5.41, 5.74) is 13.1. The number of nitrogens with two attached hydrogens (primary N) is 1. The summed E-state index contributed by atoms with van der Waals surface area (Å²) in [6.07, 6.45) is 2.78. The van der Waals surface area contributed by atoms with Crippen molar-refractivity contribution in [3.05, 3.63) is 62.4 Å². The summed E-state index contributed by atoms with van der Waals surface area (Å²) in [6, 6.07) is 10.8. The van der Waals surface area contributed by atoms with Gasteiger partial charge in [0.25, 0.3) is 5.56 Å². The maximum Gasteiger partial charge on any atom is 0.330 e. The minimum atomic E-state index is -0.715. The molecule has 3 saturated carbocycles. The molecule has 4 aliphatic rings. The van der Waals surface area contributed by atoms with Gasteiger partial charge in [-0.05, 0) is 92.2 Å². The molecule has 2 aromatic carbocycles. The molecule has 11 nitrogen and oxygen atoms in total. The number of urea groups is 1. The topological polar surface area (TPSA) is 133 Å². The Balaban J connectivity index is 1.31. The van der Waals surface area contributed by atoms with Crippen LogP contribution in [0.25, 0.3) is 10.9 Å². The van der Waals surface area contributed by atoms with Crippen LogP contribution in [0.15, 0.2) is 46.2 Å². The molecule has 1 aromatic heterocycles. The average Bonchev–Trinajstić information content (AvgIpc) is 3.04. The van der Waals surface area contributed by atoms with Crippen molar-refractivity contribution in [2.75, 3.05) is 36.4 Å². The normalized spacial score (nSPS) is 24.0. The molecule has 0 radical (unpaired) electrons. The molecule has 48 heavy (non-hydrogen) atoms. The third-order valence-corrected chi connectivity index (χ3v) is 11.6. The van der Waals surface area contributed by atoms with Crippen LogP contribution in [0.1, 0.15) is 53.0 Å². The first kappa shape index (κ1) is 34.3. The number of guanidine groups is 1. The van der Waals surface area contributed by atoms with E-state index in [1.165, 1.54) is 6.42 Å². The van der Waals surface area contributed by atoms with E-state index in [-0.39, 0.29) is 11.6 Å². The molecule has 1 aliphatic heterocycles. The number of hydrazine groups is 1. The number of nitrogens with zero attached hydrogens (tertiary/aromatic N) is 5. The number of anilines is 2. The number of halogens is 2. The van der Waals surface area contributed by atoms with Gasteiger partial charge in [-0.2, -0.15) is 0 Å². The third-order valence-electron chi connectivity index (χ3n) is 11.1. The van der Waals surface area contributed by atoms with Crippen molar-refractivity contribution in [1.29, 1.82) is 0 Å². The van der Waals surface area contributed by atoms with Gasteiger partial charge in [-0.1, -0.05) is 50.0 Å². The van der Waals surface area contributed by atoms with Gasteiger partial charge in [0.1, 0.15) is 0 Å². The molecule has 3 aromatic rings. The Morgan fingerprint density at radius 3 is 2.48 bits per heavy atom. The number of aryl methyl sites for hydroxylation is 1. The largest absolute Gasteiger partial charge is 0.350 e. The van der Waals surface area contributed by atoms with Crippen LogP contribution < -0.4 is 32.4 Å². The molecule has 2 heterocycles. The van der Waals surface area contributed by atoms with Gasteiger partial charge >= 0.3 is 6.03 Å². The van der Waals surface area contributed by atoms with E-state index in [0.717, 1.165) is 38.2 Å². The Morgan fingerprint density at radius 1 is 1.08 bits per heavy atom. The second kappa shape index (κ2) is 13.8. The number of piperazine rings is 1. The monoisotopic (exact) mass is 695 g/mol. The molecular weight excluding hydrogens is 649 g/mol. The van der Waals surface area contributed by atoms with E-state index >= 15 is 0 Å². The summed E-state index contributed by atoms with van der Waals surface area (Å²) >= 11 is 12.6. The van der Waals surface area contributed by atoms with Crippen molar-refractivity contribution in [1.82, 2.24) is 25.3 Å². The molecule has 4 fully saturated rings. The van der Waals surface area contributed by atoms with Crippen molar-refractivity contribution in [2.24, 2.45) is 33.9 Å². The molecule has 1 saturated heterocycles. The minimum absolute atomic E-state index is 0.0995. The number of primary amides is 1. The van der Waals surface area contributed by atoms with Crippen LogP contribution in [-0.2, 0) is 13.0 Å². The number of rotatable bonds is 7. The van der Waals surface area contributed by atoms with Gasteiger partial charge in [0.2, 0.25) is 11.9 Å². The van der Waals surface area contributed by atoms with Crippen LogP contribution >= 0.6 is 23.2 Å². The number of amides is 2. The SMILES string of the molecule is CC1[C@@H](/N=C(\NNC(N)=O)Nc2ccc3c(=O)n(CCc4ccc(Cl)cc4Cl)c(N4CCN(C(C)C)CC4)nc3c2)CC2C[C@H]1C2(C)C. The fourth-order valence-corrected chi connectivity index (χ4v) is 8.44. The van der Waals surface area contributed by atoms with Gasteiger partial charge < -0.3 is 16.0 Å². The number of nitrogens with one attached hydrogen (secondary N) is 3. The second-order valence-corrected chi connectivity index (χ2v) is 15.3. The molecule has 2 amide bonds. The molecule has 4 atom stereocenters. The fourth-order valence-electron chi connectivity index (χ4n) is 7.94. The number of benzene rings is 2. The first-order valence-electron chi connectivity index (χ1n) is 17.0. The zero-order chi connectivity index (χ0) is 34.3. The Morgan fingerprint density at radius 2 is 1.83 bits per heavy atom. The highest BCUT2D eigenvalue weighted by Gasteiger charge is 2.56. The fraction of sp³-hybridized carbons (Fsp3) is 0.543. The first-order valence-corrected chi connectivity index (χ1v) is 17.7. The number of aromatic nitrogens is 2. The lowest BCUT2D eigenvalue weighted by Crippen LogP contribution is -2.57. The minimum Gasteiger partial charge on any atom is -0.350 e. The van der Waals surface area contributed by atoms with Gasteiger partial charge in [-0.25, -0.2) is 20.2 Å². The number of aliphatic imine (C=N–C) groups is 1. The highest BCUT2D eigenvalue weighted by atomic mass is 35.5. The van der Waals surface area contributed by atoms with E-state index in [9.17, 15) is 9.59 Å².